The number of fused-ring (bicyclic) bond motifs is 2. The molecule has 0 radical (unpaired) electrons. The van der Waals surface area contributed by atoms with Crippen molar-refractivity contribution in [2.45, 2.75) is 51.6 Å². The molecule has 4 aromatic carbocycles. The molecule has 0 saturated heterocycles. The fourth-order valence-corrected chi connectivity index (χ4v) is 7.13. The smallest absolute Gasteiger partial charge is 0.330 e. The van der Waals surface area contributed by atoms with Crippen molar-refractivity contribution >= 4 is 27.8 Å². The predicted octanol–water partition coefficient (Wildman–Crippen LogP) is 10.4. The second-order valence-corrected chi connectivity index (χ2v) is 14.6. The molecule has 0 unspecified atom stereocenters. The van der Waals surface area contributed by atoms with Crippen molar-refractivity contribution in [3.05, 3.63) is 109 Å². The molecule has 0 N–H and O–H groups in total. The molecule has 2 aromatic heterocycles. The van der Waals surface area contributed by atoms with Gasteiger partial charge in [0.2, 0.25) is 5.92 Å². The van der Waals surface area contributed by atoms with E-state index in [1.54, 1.807) is 14.2 Å². The van der Waals surface area contributed by atoms with Crippen molar-refractivity contribution in [1.82, 2.24) is 9.13 Å². The first-order valence-electron chi connectivity index (χ1n) is 19.4. The number of halogens is 2. The molecule has 0 atom stereocenters. The van der Waals surface area contributed by atoms with Crippen LogP contribution in [0, 0.1) is 13.8 Å². The second kappa shape index (κ2) is 18.6. The Balaban J connectivity index is 1.16. The molecule has 6 aromatic rings. The normalized spacial score (nSPS) is 11.7. The van der Waals surface area contributed by atoms with Crippen molar-refractivity contribution in [3.63, 3.8) is 0 Å². The van der Waals surface area contributed by atoms with Crippen LogP contribution in [-0.4, -0.2) is 67.8 Å². The zero-order chi connectivity index (χ0) is 41.4. The summed E-state index contributed by atoms with van der Waals surface area (Å²) < 4.78 is 68.6. The second-order valence-electron chi connectivity index (χ2n) is 14.6. The Morgan fingerprint density at radius 3 is 1.66 bits per heavy atom. The van der Waals surface area contributed by atoms with Gasteiger partial charge in [0.15, 0.2) is 0 Å². The van der Waals surface area contributed by atoms with Crippen LogP contribution in [0.25, 0.3) is 44.3 Å². The predicted molar refractivity (Wildman–Crippen MR) is 225 cm³/mol. The van der Waals surface area contributed by atoms with Crippen LogP contribution in [0.5, 0.6) is 23.0 Å². The Hall–Kier alpha value is -5.81. The van der Waals surface area contributed by atoms with E-state index in [0.29, 0.717) is 11.5 Å². The fourth-order valence-electron chi connectivity index (χ4n) is 7.13. The average Bonchev–Trinajstić information content (AvgIpc) is 3.73. The lowest BCUT2D eigenvalue weighted by molar-refractivity contribution is -0.138. The van der Waals surface area contributed by atoms with E-state index in [1.807, 2.05) is 76.5 Å². The molecule has 58 heavy (non-hydrogen) atoms. The standard InChI is InChI=1S/C47H52F2N2O7/c1-8-46(52)56-22-10-20-47(48,49)19-9-21-55-37(29-57-35-15-13-33-25-42(50(4)40(33)27-35)38-17-11-31(2)23-44(38)53-6)30-58-36-16-14-34-26-43(51(5)41(34)28-36)39-18-12-32(3)24-45(39)54-7/h8,11-18,23-28,37H,1,9-10,19-22,29-30H2,2-7H3. The van der Waals surface area contributed by atoms with Crippen molar-refractivity contribution in [2.75, 3.05) is 40.6 Å². The number of hydrogen-bond donors (Lipinski definition) is 0. The highest BCUT2D eigenvalue weighted by atomic mass is 19.3. The molecule has 9 nitrogen and oxygen atoms in total. The average molecular weight is 795 g/mol. The molecule has 0 aliphatic rings. The number of carbonyl (C=O) groups excluding carboxylic acids is 1. The molecule has 0 saturated carbocycles. The van der Waals surface area contributed by atoms with Crippen LogP contribution >= 0.6 is 0 Å². The Labute approximate surface area is 338 Å². The summed E-state index contributed by atoms with van der Waals surface area (Å²) in [5, 5.41) is 2.09. The van der Waals surface area contributed by atoms with E-state index >= 15 is 0 Å². The van der Waals surface area contributed by atoms with Gasteiger partial charge < -0.3 is 37.6 Å². The molecule has 2 heterocycles. The summed E-state index contributed by atoms with van der Waals surface area (Å²) in [6.07, 6.45) is -0.147. The van der Waals surface area contributed by atoms with Crippen LogP contribution in [-0.2, 0) is 28.4 Å². The number of esters is 1. The first-order valence-corrected chi connectivity index (χ1v) is 19.4. The Morgan fingerprint density at radius 1 is 0.707 bits per heavy atom. The van der Waals surface area contributed by atoms with Gasteiger partial charge in [-0.15, -0.1) is 0 Å². The molecule has 306 valence electrons. The van der Waals surface area contributed by atoms with Crippen molar-refractivity contribution < 1.29 is 42.0 Å². The van der Waals surface area contributed by atoms with E-state index in [0.717, 1.165) is 73.0 Å². The quantitative estimate of drug-likeness (QED) is 0.0432. The number of benzene rings is 4. The number of carbonyl (C=O) groups is 1. The minimum absolute atomic E-state index is 0.0504. The van der Waals surface area contributed by atoms with Gasteiger partial charge in [-0.05, 0) is 98.5 Å². The summed E-state index contributed by atoms with van der Waals surface area (Å²) in [6, 6.07) is 28.3. The third kappa shape index (κ3) is 10.0. The number of rotatable bonds is 20. The number of ether oxygens (including phenoxy) is 6. The van der Waals surface area contributed by atoms with Gasteiger partial charge in [0, 0.05) is 73.7 Å². The number of aryl methyl sites for hydroxylation is 4. The minimum atomic E-state index is -2.93. The topological polar surface area (TPSA) is 82.3 Å². The lowest BCUT2D eigenvalue weighted by atomic mass is 10.1. The molecule has 6 rings (SSSR count). The molecular weight excluding hydrogens is 743 g/mol. The summed E-state index contributed by atoms with van der Waals surface area (Å²) in [5.74, 6) is -0.681. The van der Waals surface area contributed by atoms with Gasteiger partial charge in [0.05, 0.1) is 43.2 Å². The number of aromatic nitrogens is 2. The number of hydrogen-bond acceptors (Lipinski definition) is 7. The van der Waals surface area contributed by atoms with Crippen molar-refractivity contribution in [2.24, 2.45) is 14.1 Å². The summed E-state index contributed by atoms with van der Waals surface area (Å²) in [7, 11) is 7.36. The number of alkyl halides is 2. The highest BCUT2D eigenvalue weighted by molar-refractivity contribution is 5.90. The third-order valence-corrected chi connectivity index (χ3v) is 10.3. The van der Waals surface area contributed by atoms with E-state index in [9.17, 15) is 13.6 Å². The molecular formula is C47H52F2N2O7. The van der Waals surface area contributed by atoms with Crippen molar-refractivity contribution in [1.29, 1.82) is 0 Å². The van der Waals surface area contributed by atoms with Gasteiger partial charge in [-0.2, -0.15) is 0 Å². The van der Waals surface area contributed by atoms with Gasteiger partial charge >= 0.3 is 5.97 Å². The monoisotopic (exact) mass is 794 g/mol. The Morgan fingerprint density at radius 2 is 1.19 bits per heavy atom. The number of nitrogens with zero attached hydrogens (tertiary/aromatic N) is 2. The van der Waals surface area contributed by atoms with Gasteiger partial charge in [-0.25, -0.2) is 13.6 Å². The molecule has 0 bridgehead atoms. The van der Waals surface area contributed by atoms with Crippen LogP contribution in [0.1, 0.15) is 36.8 Å². The van der Waals surface area contributed by atoms with Crippen molar-refractivity contribution in [3.8, 4) is 45.5 Å². The van der Waals surface area contributed by atoms with Gasteiger partial charge in [-0.3, -0.25) is 0 Å². The molecule has 0 spiro atoms. The van der Waals surface area contributed by atoms with Crippen LogP contribution in [0.4, 0.5) is 8.78 Å². The van der Waals surface area contributed by atoms with E-state index in [1.165, 1.54) is 0 Å². The van der Waals surface area contributed by atoms with Crippen LogP contribution in [0.15, 0.2) is 97.6 Å². The maximum absolute atomic E-state index is 14.7. The molecule has 0 fully saturated rings. The van der Waals surface area contributed by atoms with Gasteiger partial charge in [0.1, 0.15) is 42.3 Å². The first-order chi connectivity index (χ1) is 27.9. The maximum atomic E-state index is 14.7. The minimum Gasteiger partial charge on any atom is -0.496 e. The van der Waals surface area contributed by atoms with E-state index in [4.69, 9.17) is 28.4 Å². The van der Waals surface area contributed by atoms with E-state index < -0.39 is 24.4 Å². The lowest BCUT2D eigenvalue weighted by Crippen LogP contribution is -2.29. The molecule has 0 amide bonds. The van der Waals surface area contributed by atoms with Gasteiger partial charge in [0.25, 0.3) is 0 Å². The third-order valence-electron chi connectivity index (χ3n) is 10.3. The summed E-state index contributed by atoms with van der Waals surface area (Å²) in [5.41, 5.74) is 8.17. The lowest BCUT2D eigenvalue weighted by Gasteiger charge is -2.21. The Bertz CT molecular complexity index is 2240. The van der Waals surface area contributed by atoms with E-state index in [2.05, 4.69) is 52.1 Å². The first kappa shape index (κ1) is 41.8. The van der Waals surface area contributed by atoms with E-state index in [-0.39, 0.29) is 45.7 Å². The Kier molecular flexibility index (Phi) is 13.4. The largest absolute Gasteiger partial charge is 0.496 e. The van der Waals surface area contributed by atoms with Crippen LogP contribution < -0.4 is 18.9 Å². The zero-order valence-corrected chi connectivity index (χ0v) is 34.1. The highest BCUT2D eigenvalue weighted by Crippen LogP contribution is 2.37. The summed E-state index contributed by atoms with van der Waals surface area (Å²) in [6.45, 7) is 7.64. The summed E-state index contributed by atoms with van der Waals surface area (Å²) in [4.78, 5) is 11.2. The number of methoxy groups -OCH3 is 2. The summed E-state index contributed by atoms with van der Waals surface area (Å²) >= 11 is 0. The SMILES string of the molecule is C=CC(=O)OCCCC(F)(F)CCCOC(COc1ccc2cc(-c3ccc(C)cc3OC)n(C)c2c1)COc1ccc2cc(-c3ccc(C)cc3OC)n(C)c2c1. The van der Waals surface area contributed by atoms with Crippen LogP contribution in [0.3, 0.4) is 0 Å². The molecule has 0 aliphatic carbocycles. The van der Waals surface area contributed by atoms with Gasteiger partial charge in [-0.1, -0.05) is 18.7 Å². The zero-order valence-electron chi connectivity index (χ0n) is 34.1. The fraction of sp³-hybridized carbons (Fsp3) is 0.340. The maximum Gasteiger partial charge on any atom is 0.330 e. The molecule has 0 aliphatic heterocycles. The van der Waals surface area contributed by atoms with Crippen LogP contribution in [0.2, 0.25) is 0 Å². The molecule has 11 heteroatoms. The highest BCUT2D eigenvalue weighted by Gasteiger charge is 2.28.